The van der Waals surface area contributed by atoms with Crippen LogP contribution in [0.1, 0.15) is 33.6 Å². The number of benzene rings is 1. The number of hydrogen-bond donors (Lipinski definition) is 0. The number of ether oxygens (including phenoxy) is 3. The van der Waals surface area contributed by atoms with Gasteiger partial charge in [0.15, 0.2) is 11.5 Å². The van der Waals surface area contributed by atoms with Gasteiger partial charge in [-0.1, -0.05) is 12.1 Å². The molecular weight excluding hydrogens is 348 g/mol. The maximum atomic E-state index is 12.9. The summed E-state index contributed by atoms with van der Waals surface area (Å²) in [5.74, 6) is 1.09. The molecule has 0 unspecified atom stereocenters. The molecule has 2 aliphatic rings. The summed E-state index contributed by atoms with van der Waals surface area (Å²) in [6, 6.07) is 7.25. The summed E-state index contributed by atoms with van der Waals surface area (Å²) in [6.07, 6.45) is 0.652. The van der Waals surface area contributed by atoms with Crippen molar-refractivity contribution in [3.05, 3.63) is 24.3 Å². The van der Waals surface area contributed by atoms with Gasteiger partial charge in [-0.25, -0.2) is 4.79 Å². The van der Waals surface area contributed by atoms with Crippen molar-refractivity contribution in [3.63, 3.8) is 0 Å². The highest BCUT2D eigenvalue weighted by Gasteiger charge is 2.35. The fourth-order valence-corrected chi connectivity index (χ4v) is 3.31. The predicted octanol–water partition coefficient (Wildman–Crippen LogP) is 2.68. The second-order valence-corrected chi connectivity index (χ2v) is 8.04. The fraction of sp³-hybridized carbons (Fsp3) is 0.600. The van der Waals surface area contributed by atoms with Gasteiger partial charge in [0.2, 0.25) is 6.10 Å². The number of piperidine rings is 1. The average molecular weight is 376 g/mol. The fourth-order valence-electron chi connectivity index (χ4n) is 3.31. The smallest absolute Gasteiger partial charge is 0.410 e. The van der Waals surface area contributed by atoms with Crippen LogP contribution in [-0.2, 0) is 9.53 Å². The highest BCUT2D eigenvalue weighted by atomic mass is 16.6. The van der Waals surface area contributed by atoms with Gasteiger partial charge in [0, 0.05) is 26.2 Å². The molecule has 2 amide bonds. The van der Waals surface area contributed by atoms with E-state index in [0.29, 0.717) is 24.6 Å². The van der Waals surface area contributed by atoms with Crippen molar-refractivity contribution in [1.29, 1.82) is 0 Å². The lowest BCUT2D eigenvalue weighted by molar-refractivity contribution is -0.143. The van der Waals surface area contributed by atoms with Crippen molar-refractivity contribution in [3.8, 4) is 11.5 Å². The number of nitrogens with zero attached hydrogens (tertiary/aromatic N) is 2. The third kappa shape index (κ3) is 4.64. The largest absolute Gasteiger partial charge is 0.485 e. The topological polar surface area (TPSA) is 68.3 Å². The minimum atomic E-state index is -0.679. The molecule has 27 heavy (non-hydrogen) atoms. The number of likely N-dealkylation sites (N-methyl/N-ethyl adjacent to an activating group) is 1. The Morgan fingerprint density at radius 3 is 2.63 bits per heavy atom. The van der Waals surface area contributed by atoms with Gasteiger partial charge in [0.1, 0.15) is 12.2 Å². The van der Waals surface area contributed by atoms with E-state index in [0.717, 1.165) is 12.8 Å². The van der Waals surface area contributed by atoms with Crippen LogP contribution in [0.2, 0.25) is 0 Å². The molecule has 0 aromatic heterocycles. The molecule has 0 radical (unpaired) electrons. The number of rotatable bonds is 2. The molecule has 3 rings (SSSR count). The highest BCUT2D eigenvalue weighted by molar-refractivity contribution is 5.82. The van der Waals surface area contributed by atoms with Gasteiger partial charge >= 0.3 is 6.09 Å². The molecule has 1 aromatic carbocycles. The third-order valence-electron chi connectivity index (χ3n) is 4.73. The molecule has 0 N–H and O–H groups in total. The molecule has 0 aliphatic carbocycles. The Bertz CT molecular complexity index is 700. The summed E-state index contributed by atoms with van der Waals surface area (Å²) in [6.45, 7) is 6.83. The van der Waals surface area contributed by atoms with E-state index in [2.05, 4.69) is 0 Å². The number of carbonyl (C=O) groups excluding carboxylic acids is 2. The number of para-hydroxylation sites is 2. The van der Waals surface area contributed by atoms with E-state index >= 15 is 0 Å². The van der Waals surface area contributed by atoms with Crippen LogP contribution < -0.4 is 9.47 Å². The van der Waals surface area contributed by atoms with Crippen molar-refractivity contribution < 1.29 is 23.8 Å². The standard InChI is InChI=1S/C20H28N2O5/c1-20(2,3)27-19(24)22-11-7-8-14(12-22)21(4)18(23)17-13-25-15-9-5-6-10-16(15)26-17/h5-6,9-10,14,17H,7-8,11-13H2,1-4H3/t14-,17+/m0/s1. The molecule has 1 fully saturated rings. The summed E-state index contributed by atoms with van der Waals surface area (Å²) in [5.41, 5.74) is -0.535. The van der Waals surface area contributed by atoms with E-state index in [1.807, 2.05) is 39.0 Å². The summed E-state index contributed by atoms with van der Waals surface area (Å²) in [7, 11) is 1.76. The van der Waals surface area contributed by atoms with E-state index < -0.39 is 11.7 Å². The number of carbonyl (C=O) groups is 2. The van der Waals surface area contributed by atoms with Gasteiger partial charge in [-0.05, 0) is 45.7 Å². The lowest BCUT2D eigenvalue weighted by Crippen LogP contribution is -2.54. The third-order valence-corrected chi connectivity index (χ3v) is 4.73. The van der Waals surface area contributed by atoms with Crippen LogP contribution in [0.4, 0.5) is 4.79 Å². The van der Waals surface area contributed by atoms with Crippen molar-refractivity contribution in [2.24, 2.45) is 0 Å². The molecule has 0 bridgehead atoms. The number of hydrogen-bond acceptors (Lipinski definition) is 5. The van der Waals surface area contributed by atoms with Gasteiger partial charge in [0.25, 0.3) is 5.91 Å². The minimum absolute atomic E-state index is 0.0699. The van der Waals surface area contributed by atoms with Crippen molar-refractivity contribution in [2.45, 2.75) is 51.4 Å². The maximum Gasteiger partial charge on any atom is 0.410 e. The first kappa shape index (κ1) is 19.3. The zero-order valence-corrected chi connectivity index (χ0v) is 16.4. The summed E-state index contributed by atoms with van der Waals surface area (Å²) < 4.78 is 16.9. The molecule has 0 spiro atoms. The lowest BCUT2D eigenvalue weighted by atomic mass is 10.0. The second kappa shape index (κ2) is 7.66. The van der Waals surface area contributed by atoms with E-state index in [1.54, 1.807) is 22.9 Å². The zero-order valence-electron chi connectivity index (χ0n) is 16.4. The van der Waals surface area contributed by atoms with Crippen LogP contribution in [0, 0.1) is 0 Å². The van der Waals surface area contributed by atoms with Gasteiger partial charge in [0.05, 0.1) is 0 Å². The van der Waals surface area contributed by atoms with Crippen LogP contribution in [0.15, 0.2) is 24.3 Å². The highest BCUT2D eigenvalue weighted by Crippen LogP contribution is 2.31. The normalized spacial score (nSPS) is 22.1. The van der Waals surface area contributed by atoms with E-state index in [1.165, 1.54) is 0 Å². The summed E-state index contributed by atoms with van der Waals surface area (Å²) >= 11 is 0. The average Bonchev–Trinajstić information content (AvgIpc) is 2.65. The van der Waals surface area contributed by atoms with Crippen LogP contribution >= 0.6 is 0 Å². The lowest BCUT2D eigenvalue weighted by Gasteiger charge is -2.39. The summed E-state index contributed by atoms with van der Waals surface area (Å²) in [4.78, 5) is 28.6. The van der Waals surface area contributed by atoms with E-state index in [9.17, 15) is 9.59 Å². The first-order chi connectivity index (χ1) is 12.7. The molecule has 0 saturated carbocycles. The van der Waals surface area contributed by atoms with Crippen molar-refractivity contribution >= 4 is 12.0 Å². The monoisotopic (exact) mass is 376 g/mol. The maximum absolute atomic E-state index is 12.9. The Balaban J connectivity index is 1.61. The quantitative estimate of drug-likeness (QED) is 0.794. The molecule has 2 aliphatic heterocycles. The van der Waals surface area contributed by atoms with Crippen LogP contribution in [0.25, 0.3) is 0 Å². The number of likely N-dealkylation sites (tertiary alicyclic amines) is 1. The van der Waals surface area contributed by atoms with Crippen LogP contribution in [-0.4, -0.2) is 66.3 Å². The first-order valence-electron chi connectivity index (χ1n) is 9.37. The number of amides is 2. The first-order valence-corrected chi connectivity index (χ1v) is 9.37. The number of fused-ring (bicyclic) bond motifs is 1. The van der Waals surface area contributed by atoms with Crippen molar-refractivity contribution in [1.82, 2.24) is 9.80 Å². The Kier molecular flexibility index (Phi) is 5.48. The molecule has 1 aromatic rings. The molecular formula is C20H28N2O5. The second-order valence-electron chi connectivity index (χ2n) is 8.04. The van der Waals surface area contributed by atoms with Gasteiger partial charge in [-0.3, -0.25) is 4.79 Å². The molecule has 7 heteroatoms. The summed E-state index contributed by atoms with van der Waals surface area (Å²) in [5, 5.41) is 0. The Labute approximate surface area is 160 Å². The Morgan fingerprint density at radius 2 is 1.93 bits per heavy atom. The zero-order chi connectivity index (χ0) is 19.6. The van der Waals surface area contributed by atoms with Gasteiger partial charge < -0.3 is 24.0 Å². The van der Waals surface area contributed by atoms with Gasteiger partial charge in [-0.2, -0.15) is 0 Å². The van der Waals surface area contributed by atoms with Crippen LogP contribution in [0.3, 0.4) is 0 Å². The van der Waals surface area contributed by atoms with Gasteiger partial charge in [-0.15, -0.1) is 0 Å². The molecule has 148 valence electrons. The van der Waals surface area contributed by atoms with E-state index in [4.69, 9.17) is 14.2 Å². The Morgan fingerprint density at radius 1 is 1.22 bits per heavy atom. The van der Waals surface area contributed by atoms with Crippen LogP contribution in [0.5, 0.6) is 11.5 Å². The van der Waals surface area contributed by atoms with E-state index in [-0.39, 0.29) is 24.6 Å². The molecule has 2 heterocycles. The molecule has 2 atom stereocenters. The van der Waals surface area contributed by atoms with Crippen molar-refractivity contribution in [2.75, 3.05) is 26.7 Å². The molecule has 1 saturated heterocycles. The molecule has 7 nitrogen and oxygen atoms in total. The predicted molar refractivity (Wildman–Crippen MR) is 100.0 cm³/mol. The minimum Gasteiger partial charge on any atom is -0.485 e. The SMILES string of the molecule is CN(C(=O)[C@H]1COc2ccccc2O1)[C@H]1CCCN(C(=O)OC(C)(C)C)C1. The Hall–Kier alpha value is -2.44.